The van der Waals surface area contributed by atoms with Crippen LogP contribution in [0.5, 0.6) is 5.75 Å². The fraction of sp³-hybridized carbons (Fsp3) is 0.800. The van der Waals surface area contributed by atoms with Crippen LogP contribution in [0.2, 0.25) is 0 Å². The summed E-state index contributed by atoms with van der Waals surface area (Å²) in [5.41, 5.74) is 3.10. The quantitative estimate of drug-likeness (QED) is 0.334. The topological polar surface area (TPSA) is 47.9 Å². The van der Waals surface area contributed by atoms with Crippen LogP contribution in [0.1, 0.15) is 134 Å². The minimum absolute atomic E-state index is 0.0128. The van der Waals surface area contributed by atoms with Crippen LogP contribution in [-0.2, 0) is 34.0 Å². The van der Waals surface area contributed by atoms with Crippen molar-refractivity contribution in [2.45, 2.75) is 154 Å². The first-order valence-corrected chi connectivity index (χ1v) is 14.2. The molecule has 3 aliphatic carbocycles. The number of phenolic OH excluding ortho intramolecular Hbond substituents is 1. The van der Waals surface area contributed by atoms with Crippen LogP contribution < -0.4 is 0 Å². The maximum Gasteiger partial charge on any atom is 0.121 e. The van der Waals surface area contributed by atoms with E-state index in [1.807, 2.05) is 12.1 Å². The molecule has 0 heterocycles. The molecule has 0 radical (unpaired) electrons. The monoisotopic (exact) mass is 472 g/mol. The van der Waals surface area contributed by atoms with Crippen LogP contribution in [0.3, 0.4) is 0 Å². The smallest absolute Gasteiger partial charge is 0.121 e. The Morgan fingerprint density at radius 2 is 0.971 bits per heavy atom. The molecule has 3 aliphatic rings. The molecule has 1 N–H and O–H groups in total. The van der Waals surface area contributed by atoms with Gasteiger partial charge in [-0.2, -0.15) is 0 Å². The number of benzene rings is 1. The summed E-state index contributed by atoms with van der Waals surface area (Å²) < 4.78 is 19.9. The highest BCUT2D eigenvalue weighted by molar-refractivity contribution is 5.44. The molecule has 4 heteroatoms. The van der Waals surface area contributed by atoms with Crippen LogP contribution in [0.15, 0.2) is 12.1 Å². The Labute approximate surface area is 207 Å². The Hall–Kier alpha value is -1.10. The molecule has 1 aromatic rings. The van der Waals surface area contributed by atoms with Gasteiger partial charge in [-0.3, -0.25) is 0 Å². The molecule has 4 nitrogen and oxygen atoms in total. The third kappa shape index (κ3) is 5.65. The second-order valence-electron chi connectivity index (χ2n) is 11.3. The van der Waals surface area contributed by atoms with E-state index in [2.05, 4.69) is 20.8 Å². The predicted molar refractivity (Wildman–Crippen MR) is 137 cm³/mol. The van der Waals surface area contributed by atoms with Crippen LogP contribution in [0.4, 0.5) is 0 Å². The van der Waals surface area contributed by atoms with Crippen molar-refractivity contribution in [3.8, 4) is 5.75 Å². The standard InChI is InChI=1S/C30H48O4/c1-4-28(15-7-8-16-28)32-21-24-13-14-27(31)26(23-34-30(6-3)19-11-12-20-30)25(24)22-33-29(5-2)17-9-10-18-29/h13-14,31H,4-12,15-23H2,1-3H3. The highest BCUT2D eigenvalue weighted by atomic mass is 16.5. The van der Waals surface area contributed by atoms with E-state index < -0.39 is 0 Å². The highest BCUT2D eigenvalue weighted by Crippen LogP contribution is 2.41. The summed E-state index contributed by atoms with van der Waals surface area (Å²) in [4.78, 5) is 0. The van der Waals surface area contributed by atoms with Crippen LogP contribution in [-0.4, -0.2) is 21.9 Å². The number of ether oxygens (including phenoxy) is 3. The van der Waals surface area contributed by atoms with Gasteiger partial charge in [-0.25, -0.2) is 0 Å². The maximum absolute atomic E-state index is 11.0. The summed E-state index contributed by atoms with van der Waals surface area (Å²) in [6.45, 7) is 8.29. The first-order chi connectivity index (χ1) is 16.5. The van der Waals surface area contributed by atoms with Gasteiger partial charge in [-0.1, -0.05) is 65.4 Å². The fourth-order valence-corrected chi connectivity index (χ4v) is 6.74. The Kier molecular flexibility index (Phi) is 8.64. The number of hydrogen-bond donors (Lipinski definition) is 1. The molecular formula is C30H48O4. The van der Waals surface area contributed by atoms with Crippen molar-refractivity contribution in [2.24, 2.45) is 0 Å². The largest absolute Gasteiger partial charge is 0.508 e. The molecule has 0 saturated heterocycles. The van der Waals surface area contributed by atoms with E-state index >= 15 is 0 Å². The Morgan fingerprint density at radius 1 is 0.588 bits per heavy atom. The molecule has 0 aromatic heterocycles. The van der Waals surface area contributed by atoms with Crippen molar-refractivity contribution in [1.29, 1.82) is 0 Å². The SMILES string of the molecule is CCC1(OCc2ccc(O)c(COC3(CC)CCCC3)c2COC2(CC)CCCC2)CCCC1. The van der Waals surface area contributed by atoms with E-state index in [9.17, 15) is 5.11 Å². The zero-order valence-electron chi connectivity index (χ0n) is 22.1. The summed E-state index contributed by atoms with van der Waals surface area (Å²) >= 11 is 0. The molecule has 3 fully saturated rings. The van der Waals surface area contributed by atoms with E-state index in [1.165, 1.54) is 38.5 Å². The van der Waals surface area contributed by atoms with Gasteiger partial charge < -0.3 is 19.3 Å². The Balaban J connectivity index is 1.58. The van der Waals surface area contributed by atoms with Crippen LogP contribution >= 0.6 is 0 Å². The zero-order valence-corrected chi connectivity index (χ0v) is 22.1. The minimum atomic E-state index is -0.0384. The van der Waals surface area contributed by atoms with E-state index in [0.29, 0.717) is 25.6 Å². The van der Waals surface area contributed by atoms with Crippen molar-refractivity contribution in [1.82, 2.24) is 0 Å². The lowest BCUT2D eigenvalue weighted by atomic mass is 9.96. The van der Waals surface area contributed by atoms with Gasteiger partial charge in [0.1, 0.15) is 5.75 Å². The maximum atomic E-state index is 11.0. The number of rotatable bonds is 12. The molecule has 1 aromatic carbocycles. The van der Waals surface area contributed by atoms with Gasteiger partial charge in [0.05, 0.1) is 36.6 Å². The lowest BCUT2D eigenvalue weighted by Gasteiger charge is -2.32. The van der Waals surface area contributed by atoms with Gasteiger partial charge in [-0.05, 0) is 75.0 Å². The van der Waals surface area contributed by atoms with Gasteiger partial charge in [0.15, 0.2) is 0 Å². The third-order valence-corrected chi connectivity index (χ3v) is 9.56. The third-order valence-electron chi connectivity index (χ3n) is 9.56. The highest BCUT2D eigenvalue weighted by Gasteiger charge is 2.36. The molecule has 0 spiro atoms. The van der Waals surface area contributed by atoms with Gasteiger partial charge >= 0.3 is 0 Å². The molecule has 0 bridgehead atoms. The van der Waals surface area contributed by atoms with Crippen LogP contribution in [0.25, 0.3) is 0 Å². The summed E-state index contributed by atoms with van der Waals surface area (Å²) in [6.07, 6.45) is 17.4. The van der Waals surface area contributed by atoms with E-state index in [4.69, 9.17) is 14.2 Å². The van der Waals surface area contributed by atoms with Gasteiger partial charge in [0.25, 0.3) is 0 Å². The predicted octanol–water partition coefficient (Wildman–Crippen LogP) is 8.11. The minimum Gasteiger partial charge on any atom is -0.508 e. The van der Waals surface area contributed by atoms with E-state index in [1.54, 1.807) is 0 Å². The van der Waals surface area contributed by atoms with Crippen molar-refractivity contribution >= 4 is 0 Å². The summed E-state index contributed by atoms with van der Waals surface area (Å²) in [7, 11) is 0. The van der Waals surface area contributed by atoms with Crippen molar-refractivity contribution < 1.29 is 19.3 Å². The van der Waals surface area contributed by atoms with Gasteiger partial charge in [0.2, 0.25) is 0 Å². The first-order valence-electron chi connectivity index (χ1n) is 14.2. The second-order valence-corrected chi connectivity index (χ2v) is 11.3. The average Bonchev–Trinajstić information content (AvgIpc) is 3.63. The van der Waals surface area contributed by atoms with E-state index in [-0.39, 0.29) is 16.8 Å². The molecule has 34 heavy (non-hydrogen) atoms. The Morgan fingerprint density at radius 3 is 1.38 bits per heavy atom. The molecule has 0 amide bonds. The van der Waals surface area contributed by atoms with Crippen LogP contribution in [0, 0.1) is 0 Å². The molecule has 0 unspecified atom stereocenters. The zero-order chi connectivity index (χ0) is 24.1. The summed E-state index contributed by atoms with van der Waals surface area (Å²) in [5, 5.41) is 11.0. The van der Waals surface area contributed by atoms with Gasteiger partial charge in [-0.15, -0.1) is 0 Å². The molecule has 0 aliphatic heterocycles. The fourth-order valence-electron chi connectivity index (χ4n) is 6.74. The lowest BCUT2D eigenvalue weighted by Crippen LogP contribution is -2.30. The molecular weight excluding hydrogens is 424 g/mol. The lowest BCUT2D eigenvalue weighted by molar-refractivity contribution is -0.0671. The van der Waals surface area contributed by atoms with Gasteiger partial charge in [0, 0.05) is 5.56 Å². The molecule has 3 saturated carbocycles. The second kappa shape index (κ2) is 11.3. The number of hydrogen-bond acceptors (Lipinski definition) is 4. The van der Waals surface area contributed by atoms with Crippen molar-refractivity contribution in [3.05, 3.63) is 28.8 Å². The number of aromatic hydroxyl groups is 1. The summed E-state index contributed by atoms with van der Waals surface area (Å²) in [5.74, 6) is 0.328. The Bertz CT molecular complexity index is 783. The molecule has 192 valence electrons. The van der Waals surface area contributed by atoms with Crippen molar-refractivity contribution in [3.63, 3.8) is 0 Å². The average molecular weight is 473 g/mol. The summed E-state index contributed by atoms with van der Waals surface area (Å²) in [6, 6.07) is 3.89. The van der Waals surface area contributed by atoms with Crippen molar-refractivity contribution in [2.75, 3.05) is 0 Å². The molecule has 0 atom stereocenters. The normalized spacial score (nSPS) is 23.0. The number of phenols is 1. The van der Waals surface area contributed by atoms with E-state index in [0.717, 1.165) is 74.5 Å². The first kappa shape index (κ1) is 26.0. The molecule has 4 rings (SSSR count).